The van der Waals surface area contributed by atoms with Crippen LogP contribution in [0.3, 0.4) is 0 Å². The lowest BCUT2D eigenvalue weighted by Crippen LogP contribution is -2.36. The van der Waals surface area contributed by atoms with Crippen molar-refractivity contribution in [2.45, 2.75) is 39.3 Å². The molecule has 0 spiro atoms. The maximum absolute atomic E-state index is 14.4. The quantitative estimate of drug-likeness (QED) is 0.607. The molecule has 0 fully saturated rings. The van der Waals surface area contributed by atoms with E-state index in [9.17, 15) is 14.0 Å². The first-order valence-corrected chi connectivity index (χ1v) is 12.0. The Hall–Kier alpha value is -3.58. The second kappa shape index (κ2) is 10.6. The van der Waals surface area contributed by atoms with Gasteiger partial charge < -0.3 is 14.8 Å². The number of hydrogen-bond acceptors (Lipinski definition) is 5. The van der Waals surface area contributed by atoms with Crippen LogP contribution in [0.4, 0.5) is 4.39 Å². The van der Waals surface area contributed by atoms with Gasteiger partial charge in [0.25, 0.3) is 0 Å². The fraction of sp³-hybridized carbons (Fsp3) is 0.345. The van der Waals surface area contributed by atoms with Crippen molar-refractivity contribution in [3.63, 3.8) is 0 Å². The van der Waals surface area contributed by atoms with Crippen molar-refractivity contribution in [3.05, 3.63) is 94.3 Å². The lowest BCUT2D eigenvalue weighted by atomic mass is 9.83. The number of nitrogens with zero attached hydrogens (tertiary/aromatic N) is 1. The molecule has 188 valence electrons. The molecule has 0 aliphatic heterocycles. The smallest absolute Gasteiger partial charge is 0.226 e. The Balaban J connectivity index is 1.71. The number of pyridine rings is 1. The molecule has 0 radical (unpaired) electrons. The molecule has 7 heteroatoms. The molecule has 2 aromatic rings. The van der Waals surface area contributed by atoms with Gasteiger partial charge in [0.15, 0.2) is 5.76 Å². The zero-order valence-corrected chi connectivity index (χ0v) is 21.2. The molecule has 4 rings (SSSR count). The standard InChI is InChI=1S/C29H31FN2O4/c1-16-19(13-25(35-4)27(33)28(16)36-5)12-23-17(2)26(24-14-20(30)9-10-22(23)24)18(3)29(34)32-15-21-8-6-7-11-31-21/h6-14,16,18,26,28H,15H2,1-5H3,(H,32,34)/b19-12+. The molecule has 1 N–H and O–H groups in total. The van der Waals surface area contributed by atoms with Crippen molar-refractivity contribution in [2.75, 3.05) is 14.2 Å². The highest BCUT2D eigenvalue weighted by atomic mass is 19.1. The number of Topliss-reactive ketones (excluding diaryl/α,β-unsaturated/α-hetero) is 1. The van der Waals surface area contributed by atoms with Crippen LogP contribution < -0.4 is 5.32 Å². The average Bonchev–Trinajstić information content (AvgIpc) is 3.14. The molecular weight excluding hydrogens is 459 g/mol. The molecule has 1 aromatic carbocycles. The van der Waals surface area contributed by atoms with E-state index < -0.39 is 12.0 Å². The van der Waals surface area contributed by atoms with E-state index in [1.54, 1.807) is 18.3 Å². The molecule has 1 heterocycles. The maximum Gasteiger partial charge on any atom is 0.226 e. The SMILES string of the molecule is COC1=C/C(=C\C2=C(C)C(C(C)C(=O)NCc3ccccn3)c3cc(F)ccc32)C(C)C(OC)C1=O. The molecular formula is C29H31FN2O4. The van der Waals surface area contributed by atoms with Gasteiger partial charge in [-0.2, -0.15) is 0 Å². The number of nitrogens with one attached hydrogen (secondary N) is 1. The molecule has 36 heavy (non-hydrogen) atoms. The first-order chi connectivity index (χ1) is 17.3. The number of ether oxygens (including phenoxy) is 2. The second-order valence-corrected chi connectivity index (χ2v) is 9.30. The zero-order chi connectivity index (χ0) is 26.0. The molecule has 0 bridgehead atoms. The molecule has 6 nitrogen and oxygen atoms in total. The fourth-order valence-corrected chi connectivity index (χ4v) is 5.18. The Labute approximate surface area is 210 Å². The summed E-state index contributed by atoms with van der Waals surface area (Å²) >= 11 is 0. The van der Waals surface area contributed by atoms with E-state index in [-0.39, 0.29) is 35.1 Å². The van der Waals surface area contributed by atoms with Gasteiger partial charge in [0.1, 0.15) is 11.9 Å². The van der Waals surface area contributed by atoms with E-state index in [4.69, 9.17) is 9.47 Å². The van der Waals surface area contributed by atoms with Crippen LogP contribution in [0, 0.1) is 17.7 Å². The summed E-state index contributed by atoms with van der Waals surface area (Å²) in [6.45, 7) is 6.09. The van der Waals surface area contributed by atoms with Gasteiger partial charge >= 0.3 is 0 Å². The largest absolute Gasteiger partial charge is 0.493 e. The Morgan fingerprint density at radius 1 is 1.25 bits per heavy atom. The molecule has 1 amide bonds. The monoisotopic (exact) mass is 490 g/mol. The Kier molecular flexibility index (Phi) is 7.50. The topological polar surface area (TPSA) is 77.5 Å². The van der Waals surface area contributed by atoms with Crippen molar-refractivity contribution in [3.8, 4) is 0 Å². The van der Waals surface area contributed by atoms with Gasteiger partial charge in [-0.25, -0.2) is 4.39 Å². The van der Waals surface area contributed by atoms with Crippen molar-refractivity contribution >= 4 is 17.3 Å². The van der Waals surface area contributed by atoms with E-state index in [2.05, 4.69) is 10.3 Å². The van der Waals surface area contributed by atoms with Crippen molar-refractivity contribution in [2.24, 2.45) is 11.8 Å². The molecule has 1 aromatic heterocycles. The van der Waals surface area contributed by atoms with Gasteiger partial charge in [-0.1, -0.05) is 37.6 Å². The summed E-state index contributed by atoms with van der Waals surface area (Å²) < 4.78 is 25.1. The molecule has 4 atom stereocenters. The van der Waals surface area contributed by atoms with Crippen molar-refractivity contribution in [1.29, 1.82) is 0 Å². The van der Waals surface area contributed by atoms with Crippen LogP contribution in [0.5, 0.6) is 0 Å². The summed E-state index contributed by atoms with van der Waals surface area (Å²) in [6.07, 6.45) is 4.78. The highest BCUT2D eigenvalue weighted by molar-refractivity contribution is 6.00. The number of carbonyl (C=O) groups excluding carboxylic acids is 2. The first kappa shape index (κ1) is 25.5. The molecule has 2 aliphatic carbocycles. The normalized spacial score (nSPS) is 23.4. The van der Waals surface area contributed by atoms with Crippen LogP contribution in [-0.4, -0.2) is 37.0 Å². The summed E-state index contributed by atoms with van der Waals surface area (Å²) in [4.78, 5) is 30.0. The number of allylic oxidation sites excluding steroid dienone is 4. The van der Waals surface area contributed by atoms with E-state index in [1.807, 2.05) is 45.0 Å². The lowest BCUT2D eigenvalue weighted by molar-refractivity contribution is -0.130. The first-order valence-electron chi connectivity index (χ1n) is 12.0. The van der Waals surface area contributed by atoms with Crippen molar-refractivity contribution in [1.82, 2.24) is 10.3 Å². The zero-order valence-electron chi connectivity index (χ0n) is 21.2. The summed E-state index contributed by atoms with van der Waals surface area (Å²) in [5, 5.41) is 2.96. The highest BCUT2D eigenvalue weighted by Gasteiger charge is 2.38. The van der Waals surface area contributed by atoms with Crippen LogP contribution >= 0.6 is 0 Å². The number of carbonyl (C=O) groups is 2. The lowest BCUT2D eigenvalue weighted by Gasteiger charge is -2.28. The van der Waals surface area contributed by atoms with Gasteiger partial charge in [-0.3, -0.25) is 14.6 Å². The van der Waals surface area contributed by atoms with E-state index in [1.165, 1.54) is 26.4 Å². The predicted molar refractivity (Wildman–Crippen MR) is 135 cm³/mol. The Bertz CT molecular complexity index is 1270. The Morgan fingerprint density at radius 3 is 2.69 bits per heavy atom. The third kappa shape index (κ3) is 4.75. The summed E-state index contributed by atoms with van der Waals surface area (Å²) in [5.74, 6) is -1.38. The van der Waals surface area contributed by atoms with E-state index in [0.29, 0.717) is 6.54 Å². The van der Waals surface area contributed by atoms with E-state index in [0.717, 1.165) is 33.5 Å². The molecule has 4 unspecified atom stereocenters. The minimum absolute atomic E-state index is 0.133. The molecule has 0 saturated carbocycles. The van der Waals surface area contributed by atoms with Crippen molar-refractivity contribution < 1.29 is 23.5 Å². The molecule has 2 aliphatic rings. The van der Waals surface area contributed by atoms with Gasteiger partial charge in [-0.05, 0) is 59.5 Å². The minimum atomic E-state index is -0.654. The molecule has 0 saturated heterocycles. The van der Waals surface area contributed by atoms with Crippen LogP contribution in [0.15, 0.2) is 71.7 Å². The number of rotatable bonds is 7. The van der Waals surface area contributed by atoms with Crippen LogP contribution in [0.1, 0.15) is 43.5 Å². The second-order valence-electron chi connectivity index (χ2n) is 9.30. The average molecular weight is 491 g/mol. The van der Waals surface area contributed by atoms with Gasteiger partial charge in [-0.15, -0.1) is 0 Å². The third-order valence-corrected chi connectivity index (χ3v) is 7.18. The number of hydrogen-bond donors (Lipinski definition) is 1. The fourth-order valence-electron chi connectivity index (χ4n) is 5.18. The number of halogens is 1. The number of methoxy groups -OCH3 is 2. The highest BCUT2D eigenvalue weighted by Crippen LogP contribution is 2.47. The van der Waals surface area contributed by atoms with Gasteiger partial charge in [0.2, 0.25) is 11.7 Å². The predicted octanol–water partition coefficient (Wildman–Crippen LogP) is 4.73. The minimum Gasteiger partial charge on any atom is -0.493 e. The number of ketones is 1. The van der Waals surface area contributed by atoms with Gasteiger partial charge in [0, 0.05) is 31.1 Å². The summed E-state index contributed by atoms with van der Waals surface area (Å²) in [5.41, 5.74) is 5.17. The van der Waals surface area contributed by atoms with Crippen LogP contribution in [0.2, 0.25) is 0 Å². The maximum atomic E-state index is 14.4. The van der Waals surface area contributed by atoms with E-state index >= 15 is 0 Å². The van der Waals surface area contributed by atoms with Gasteiger partial charge in [0.05, 0.1) is 19.3 Å². The number of benzene rings is 1. The van der Waals surface area contributed by atoms with Crippen LogP contribution in [0.25, 0.3) is 5.57 Å². The summed E-state index contributed by atoms with van der Waals surface area (Å²) in [6, 6.07) is 10.3. The number of aromatic nitrogens is 1. The number of fused-ring (bicyclic) bond motifs is 1. The number of amides is 1. The Morgan fingerprint density at radius 2 is 2.03 bits per heavy atom. The third-order valence-electron chi connectivity index (χ3n) is 7.18. The summed E-state index contributed by atoms with van der Waals surface area (Å²) in [7, 11) is 2.97. The van der Waals surface area contributed by atoms with Crippen LogP contribution in [-0.2, 0) is 25.6 Å².